The molecule has 0 atom stereocenters. The van der Waals surface area contributed by atoms with E-state index >= 15 is 0 Å². The molecule has 14 heavy (non-hydrogen) atoms. The molecule has 0 unspecified atom stereocenters. The van der Waals surface area contributed by atoms with Crippen molar-refractivity contribution in [2.24, 2.45) is 0 Å². The van der Waals surface area contributed by atoms with Gasteiger partial charge < -0.3 is 4.74 Å². The van der Waals surface area contributed by atoms with Gasteiger partial charge in [0.15, 0.2) is 0 Å². The van der Waals surface area contributed by atoms with Crippen LogP contribution in [-0.4, -0.2) is 15.2 Å². The molecule has 0 saturated carbocycles. The van der Waals surface area contributed by atoms with Crippen molar-refractivity contribution in [3.05, 3.63) is 34.7 Å². The Balaban J connectivity index is 2.18. The Kier molecular flexibility index (Phi) is 2.49. The van der Waals surface area contributed by atoms with Crippen LogP contribution >= 0.6 is 15.9 Å². The van der Waals surface area contributed by atoms with E-state index < -0.39 is 0 Å². The predicted octanol–water partition coefficient (Wildman–Crippen LogP) is 2.67. The lowest BCUT2D eigenvalue weighted by Gasteiger charge is -2.00. The van der Waals surface area contributed by atoms with Crippen LogP contribution in [0.15, 0.2) is 29.0 Å². The maximum absolute atomic E-state index is 5.45. The van der Waals surface area contributed by atoms with Crippen LogP contribution in [-0.2, 0) is 0 Å². The first-order valence-electron chi connectivity index (χ1n) is 4.04. The van der Waals surface area contributed by atoms with E-state index in [1.54, 1.807) is 12.4 Å². The van der Waals surface area contributed by atoms with Crippen molar-refractivity contribution in [2.45, 2.75) is 6.92 Å². The van der Waals surface area contributed by atoms with E-state index in [-0.39, 0.29) is 0 Å². The number of halogens is 1. The smallest absolute Gasteiger partial charge is 0.238 e. The van der Waals surface area contributed by atoms with Gasteiger partial charge in [0.25, 0.3) is 0 Å². The van der Waals surface area contributed by atoms with Gasteiger partial charge in [0.2, 0.25) is 5.88 Å². The summed E-state index contributed by atoms with van der Waals surface area (Å²) in [5.41, 5.74) is 0.961. The van der Waals surface area contributed by atoms with Crippen LogP contribution in [0.4, 0.5) is 0 Å². The number of H-pyrrole nitrogens is 1. The molecular weight excluding hydrogens is 246 g/mol. The van der Waals surface area contributed by atoms with Crippen LogP contribution in [0.2, 0.25) is 0 Å². The zero-order valence-corrected chi connectivity index (χ0v) is 9.08. The Morgan fingerprint density at radius 1 is 1.36 bits per heavy atom. The second-order valence-electron chi connectivity index (χ2n) is 2.83. The summed E-state index contributed by atoms with van der Waals surface area (Å²) in [6.07, 6.45) is 3.33. The van der Waals surface area contributed by atoms with Gasteiger partial charge in [0.05, 0.1) is 6.20 Å². The Hall–Kier alpha value is -1.36. The molecule has 0 amide bonds. The Morgan fingerprint density at radius 2 is 2.21 bits per heavy atom. The van der Waals surface area contributed by atoms with Crippen LogP contribution in [0.5, 0.6) is 11.6 Å². The quantitative estimate of drug-likeness (QED) is 0.896. The van der Waals surface area contributed by atoms with Crippen molar-refractivity contribution in [3.8, 4) is 11.6 Å². The SMILES string of the molecule is Cc1cc(Oc2cncc(Br)c2)n[nH]1. The maximum Gasteiger partial charge on any atom is 0.238 e. The molecular formula is C9H8BrN3O. The van der Waals surface area contributed by atoms with Gasteiger partial charge in [-0.3, -0.25) is 10.1 Å². The summed E-state index contributed by atoms with van der Waals surface area (Å²) >= 11 is 3.31. The number of aromatic nitrogens is 3. The van der Waals surface area contributed by atoms with Crippen LogP contribution in [0.1, 0.15) is 5.69 Å². The molecule has 0 radical (unpaired) electrons. The highest BCUT2D eigenvalue weighted by Gasteiger charge is 2.01. The molecule has 2 heterocycles. The Labute approximate surface area is 89.5 Å². The molecule has 0 aliphatic rings. The van der Waals surface area contributed by atoms with Gasteiger partial charge in [0.1, 0.15) is 5.75 Å². The molecule has 0 spiro atoms. The van der Waals surface area contributed by atoms with Crippen molar-refractivity contribution in [2.75, 3.05) is 0 Å². The van der Waals surface area contributed by atoms with Gasteiger partial charge in [-0.1, -0.05) is 0 Å². The lowest BCUT2D eigenvalue weighted by Crippen LogP contribution is -1.85. The number of aryl methyl sites for hydroxylation is 1. The van der Waals surface area contributed by atoms with Crippen LogP contribution in [0.25, 0.3) is 0 Å². The molecule has 0 saturated heterocycles. The summed E-state index contributed by atoms with van der Waals surface area (Å²) < 4.78 is 6.32. The zero-order valence-electron chi connectivity index (χ0n) is 7.49. The third kappa shape index (κ3) is 2.11. The molecule has 72 valence electrons. The van der Waals surface area contributed by atoms with E-state index in [1.165, 1.54) is 0 Å². The van der Waals surface area contributed by atoms with E-state index in [2.05, 4.69) is 31.1 Å². The molecule has 5 heteroatoms. The normalized spacial score (nSPS) is 10.1. The average Bonchev–Trinajstić information content (AvgIpc) is 2.51. The number of aromatic amines is 1. The van der Waals surface area contributed by atoms with Crippen molar-refractivity contribution in [1.82, 2.24) is 15.2 Å². The number of ether oxygens (including phenoxy) is 1. The number of hydrogen-bond donors (Lipinski definition) is 1. The molecule has 0 aromatic carbocycles. The fourth-order valence-electron chi connectivity index (χ4n) is 1.01. The highest BCUT2D eigenvalue weighted by molar-refractivity contribution is 9.10. The topological polar surface area (TPSA) is 50.8 Å². The molecule has 0 aliphatic heterocycles. The summed E-state index contributed by atoms with van der Waals surface area (Å²) in [6, 6.07) is 3.65. The Morgan fingerprint density at radius 3 is 2.86 bits per heavy atom. The zero-order chi connectivity index (χ0) is 9.97. The monoisotopic (exact) mass is 253 g/mol. The van der Waals surface area contributed by atoms with Crippen LogP contribution in [0, 0.1) is 6.92 Å². The first-order valence-corrected chi connectivity index (χ1v) is 4.84. The Bertz CT molecular complexity index is 441. The van der Waals surface area contributed by atoms with Crippen molar-refractivity contribution < 1.29 is 4.74 Å². The number of pyridine rings is 1. The van der Waals surface area contributed by atoms with Crippen LogP contribution < -0.4 is 4.74 Å². The van der Waals surface area contributed by atoms with Gasteiger partial charge in [-0.05, 0) is 28.9 Å². The van der Waals surface area contributed by atoms with E-state index in [9.17, 15) is 0 Å². The fourth-order valence-corrected chi connectivity index (χ4v) is 1.36. The van der Waals surface area contributed by atoms with Crippen molar-refractivity contribution >= 4 is 15.9 Å². The summed E-state index contributed by atoms with van der Waals surface area (Å²) in [7, 11) is 0. The highest BCUT2D eigenvalue weighted by Crippen LogP contribution is 2.21. The molecule has 2 aromatic heterocycles. The molecule has 2 rings (SSSR count). The second-order valence-corrected chi connectivity index (χ2v) is 3.75. The molecule has 4 nitrogen and oxygen atoms in total. The number of rotatable bonds is 2. The van der Waals surface area contributed by atoms with Crippen molar-refractivity contribution in [1.29, 1.82) is 0 Å². The van der Waals surface area contributed by atoms with E-state index in [0.717, 1.165) is 10.2 Å². The minimum atomic E-state index is 0.544. The summed E-state index contributed by atoms with van der Waals surface area (Å²) in [5, 5.41) is 6.75. The first kappa shape index (κ1) is 9.21. The van der Waals surface area contributed by atoms with Gasteiger partial charge in [0, 0.05) is 22.4 Å². The van der Waals surface area contributed by atoms with E-state index in [4.69, 9.17) is 4.74 Å². The van der Waals surface area contributed by atoms with Gasteiger partial charge in [-0.25, -0.2) is 0 Å². The van der Waals surface area contributed by atoms with Gasteiger partial charge in [-0.2, -0.15) is 0 Å². The standard InChI is InChI=1S/C9H8BrN3O/c1-6-2-9(13-12-6)14-8-3-7(10)4-11-5-8/h2-5H,1H3,(H,12,13). The number of hydrogen-bond acceptors (Lipinski definition) is 3. The highest BCUT2D eigenvalue weighted by atomic mass is 79.9. The lowest BCUT2D eigenvalue weighted by molar-refractivity contribution is 0.459. The molecule has 0 aliphatic carbocycles. The third-order valence-corrected chi connectivity index (χ3v) is 2.02. The molecule has 1 N–H and O–H groups in total. The minimum Gasteiger partial charge on any atom is -0.436 e. The maximum atomic E-state index is 5.45. The lowest BCUT2D eigenvalue weighted by atomic mass is 10.4. The summed E-state index contributed by atoms with van der Waals surface area (Å²) in [5.74, 6) is 1.20. The van der Waals surface area contributed by atoms with E-state index in [1.807, 2.05) is 19.1 Å². The average molecular weight is 254 g/mol. The summed E-state index contributed by atoms with van der Waals surface area (Å²) in [6.45, 7) is 1.92. The second kappa shape index (κ2) is 3.79. The predicted molar refractivity (Wildman–Crippen MR) is 55.3 cm³/mol. The van der Waals surface area contributed by atoms with E-state index in [0.29, 0.717) is 11.6 Å². The fraction of sp³-hybridized carbons (Fsp3) is 0.111. The third-order valence-electron chi connectivity index (χ3n) is 1.58. The van der Waals surface area contributed by atoms with Gasteiger partial charge in [-0.15, -0.1) is 5.10 Å². The summed E-state index contributed by atoms with van der Waals surface area (Å²) in [4.78, 5) is 3.98. The first-order chi connectivity index (χ1) is 6.74. The largest absolute Gasteiger partial charge is 0.436 e. The molecule has 0 bridgehead atoms. The number of nitrogens with zero attached hydrogens (tertiary/aromatic N) is 2. The molecule has 0 fully saturated rings. The van der Waals surface area contributed by atoms with Crippen molar-refractivity contribution in [3.63, 3.8) is 0 Å². The van der Waals surface area contributed by atoms with Gasteiger partial charge >= 0.3 is 0 Å². The minimum absolute atomic E-state index is 0.544. The number of nitrogens with one attached hydrogen (secondary N) is 1. The molecule has 2 aromatic rings. The van der Waals surface area contributed by atoms with Crippen LogP contribution in [0.3, 0.4) is 0 Å².